The van der Waals surface area contributed by atoms with E-state index in [1.54, 1.807) is 0 Å². The summed E-state index contributed by atoms with van der Waals surface area (Å²) in [5, 5.41) is 11.4. The van der Waals surface area contributed by atoms with Crippen LogP contribution in [0.3, 0.4) is 0 Å². The number of nitrogen functional groups attached to an aromatic ring is 1. The lowest BCUT2D eigenvalue weighted by Gasteiger charge is -2.29. The summed E-state index contributed by atoms with van der Waals surface area (Å²) >= 11 is 0. The third-order valence-corrected chi connectivity index (χ3v) is 7.36. The summed E-state index contributed by atoms with van der Waals surface area (Å²) < 4.78 is 0. The summed E-state index contributed by atoms with van der Waals surface area (Å²) in [5.74, 6) is 1.28. The number of H-pyrrole nitrogens is 1. The van der Waals surface area contributed by atoms with Crippen LogP contribution in [0.1, 0.15) is 42.9 Å². The minimum absolute atomic E-state index is 0.0625. The maximum atomic E-state index is 13.3. The quantitative estimate of drug-likeness (QED) is 0.307. The second-order valence-electron chi connectivity index (χ2n) is 9.70. The Balaban J connectivity index is 1.41. The van der Waals surface area contributed by atoms with Gasteiger partial charge in [0.05, 0.1) is 11.6 Å². The van der Waals surface area contributed by atoms with E-state index in [2.05, 4.69) is 64.0 Å². The van der Waals surface area contributed by atoms with E-state index in [1.165, 1.54) is 5.56 Å². The number of amides is 1. The van der Waals surface area contributed by atoms with Crippen molar-refractivity contribution in [2.24, 2.45) is 17.6 Å². The number of anilines is 1. The predicted octanol–water partition coefficient (Wildman–Crippen LogP) is 4.98. The van der Waals surface area contributed by atoms with Crippen LogP contribution in [0.25, 0.3) is 22.0 Å². The molecule has 0 radical (unpaired) electrons. The van der Waals surface area contributed by atoms with Crippen LogP contribution in [0.4, 0.5) is 5.82 Å². The Bertz CT molecular complexity index is 1290. The maximum Gasteiger partial charge on any atom is 0.223 e. The molecule has 1 aliphatic carbocycles. The van der Waals surface area contributed by atoms with Gasteiger partial charge in [0.2, 0.25) is 5.91 Å². The average Bonchev–Trinajstić information content (AvgIpc) is 3.29. The van der Waals surface area contributed by atoms with Gasteiger partial charge in [-0.05, 0) is 85.0 Å². The fourth-order valence-electron chi connectivity index (χ4n) is 5.21. The molecule has 1 saturated carbocycles. The molecule has 0 bridgehead atoms. The molecule has 3 aromatic carbocycles. The molecule has 0 spiro atoms. The molecule has 0 saturated heterocycles. The van der Waals surface area contributed by atoms with E-state index in [1.807, 2.05) is 24.3 Å². The summed E-state index contributed by atoms with van der Waals surface area (Å²) in [6.07, 6.45) is 4.64. The first-order chi connectivity index (χ1) is 17.1. The van der Waals surface area contributed by atoms with Crippen molar-refractivity contribution in [3.63, 3.8) is 0 Å². The van der Waals surface area contributed by atoms with Gasteiger partial charge in [0.1, 0.15) is 0 Å². The van der Waals surface area contributed by atoms with Gasteiger partial charge >= 0.3 is 0 Å². The number of hydrogen-bond donors (Lipinski definition) is 4. The highest BCUT2D eigenvalue weighted by Crippen LogP contribution is 2.31. The van der Waals surface area contributed by atoms with Crippen LogP contribution in [0, 0.1) is 11.8 Å². The van der Waals surface area contributed by atoms with Crippen molar-refractivity contribution in [3.05, 3.63) is 83.9 Å². The van der Waals surface area contributed by atoms with Gasteiger partial charge in [-0.2, -0.15) is 5.10 Å². The number of aromatic nitrogens is 2. The summed E-state index contributed by atoms with van der Waals surface area (Å²) in [7, 11) is 0. The molecule has 5 rings (SSSR count). The standard InChI is InChI=1S/C29H33N5O/c30-18-20-9-11-21(12-10-20)29(35)32-26(15-19-5-2-1-3-6-19)24-8-4-7-22(16-24)23-13-14-25-27(17-23)33-34-28(25)31/h1-8,13-14,16-17,20-21,26H,9-12,15,18,30H2,(H,32,35)(H3,31,33,34)/t20?,21?,26-/m1/s1. The van der Waals surface area contributed by atoms with E-state index in [-0.39, 0.29) is 17.9 Å². The minimum Gasteiger partial charge on any atom is -0.382 e. The van der Waals surface area contributed by atoms with E-state index in [4.69, 9.17) is 11.5 Å². The molecule has 35 heavy (non-hydrogen) atoms. The molecule has 0 aliphatic heterocycles. The molecule has 6 nitrogen and oxygen atoms in total. The number of fused-ring (bicyclic) bond motifs is 1. The Morgan fingerprint density at radius 2 is 1.74 bits per heavy atom. The summed E-state index contributed by atoms with van der Waals surface area (Å²) in [4.78, 5) is 13.3. The number of nitrogens with zero attached hydrogens (tertiary/aromatic N) is 1. The van der Waals surface area contributed by atoms with Gasteiger partial charge in [-0.15, -0.1) is 0 Å². The molecule has 1 fully saturated rings. The number of nitrogens with two attached hydrogens (primary N) is 2. The van der Waals surface area contributed by atoms with Crippen LogP contribution in [0.2, 0.25) is 0 Å². The van der Waals surface area contributed by atoms with Crippen molar-refractivity contribution in [2.75, 3.05) is 12.3 Å². The first-order valence-electron chi connectivity index (χ1n) is 12.5. The van der Waals surface area contributed by atoms with E-state index in [0.717, 1.165) is 59.7 Å². The highest BCUT2D eigenvalue weighted by Gasteiger charge is 2.27. The largest absolute Gasteiger partial charge is 0.382 e. The first kappa shape index (κ1) is 23.1. The zero-order valence-electron chi connectivity index (χ0n) is 19.9. The molecule has 1 aliphatic rings. The maximum absolute atomic E-state index is 13.3. The number of carbonyl (C=O) groups is 1. The zero-order chi connectivity index (χ0) is 24.2. The Hall–Kier alpha value is -3.64. The van der Waals surface area contributed by atoms with Gasteiger partial charge in [0, 0.05) is 11.3 Å². The van der Waals surface area contributed by atoms with Crippen LogP contribution < -0.4 is 16.8 Å². The van der Waals surface area contributed by atoms with Crippen LogP contribution in [0.5, 0.6) is 0 Å². The average molecular weight is 468 g/mol. The lowest BCUT2D eigenvalue weighted by Crippen LogP contribution is -2.37. The normalized spacial score (nSPS) is 18.9. The van der Waals surface area contributed by atoms with Gasteiger partial charge in [0.15, 0.2) is 5.82 Å². The van der Waals surface area contributed by atoms with Gasteiger partial charge in [-0.25, -0.2) is 0 Å². The van der Waals surface area contributed by atoms with Crippen molar-refractivity contribution in [2.45, 2.75) is 38.1 Å². The van der Waals surface area contributed by atoms with Crippen molar-refractivity contribution < 1.29 is 4.79 Å². The Kier molecular flexibility index (Phi) is 6.82. The fraction of sp³-hybridized carbons (Fsp3) is 0.310. The van der Waals surface area contributed by atoms with Gasteiger partial charge in [-0.1, -0.05) is 54.6 Å². The van der Waals surface area contributed by atoms with Gasteiger partial charge in [0.25, 0.3) is 0 Å². The van der Waals surface area contributed by atoms with Crippen LogP contribution in [-0.4, -0.2) is 22.6 Å². The summed E-state index contributed by atoms with van der Waals surface area (Å²) in [5.41, 5.74) is 17.2. The summed E-state index contributed by atoms with van der Waals surface area (Å²) in [6, 6.07) is 24.8. The number of carbonyl (C=O) groups excluding carboxylic acids is 1. The molecule has 180 valence electrons. The number of aromatic amines is 1. The number of benzene rings is 3. The van der Waals surface area contributed by atoms with E-state index < -0.39 is 0 Å². The molecule has 6 heteroatoms. The smallest absolute Gasteiger partial charge is 0.223 e. The van der Waals surface area contributed by atoms with Crippen LogP contribution in [-0.2, 0) is 11.2 Å². The zero-order valence-corrected chi connectivity index (χ0v) is 19.9. The molecular weight excluding hydrogens is 434 g/mol. The fourth-order valence-corrected chi connectivity index (χ4v) is 5.21. The van der Waals surface area contributed by atoms with E-state index in [9.17, 15) is 4.79 Å². The second-order valence-corrected chi connectivity index (χ2v) is 9.70. The third-order valence-electron chi connectivity index (χ3n) is 7.36. The molecule has 1 atom stereocenters. The molecule has 1 amide bonds. The third kappa shape index (κ3) is 5.23. The second kappa shape index (κ2) is 10.3. The number of nitrogens with one attached hydrogen (secondary N) is 2. The van der Waals surface area contributed by atoms with Crippen molar-refractivity contribution in [3.8, 4) is 11.1 Å². The van der Waals surface area contributed by atoms with E-state index in [0.29, 0.717) is 18.3 Å². The van der Waals surface area contributed by atoms with Crippen molar-refractivity contribution in [1.29, 1.82) is 0 Å². The van der Waals surface area contributed by atoms with E-state index >= 15 is 0 Å². The molecule has 4 aromatic rings. The molecule has 0 unspecified atom stereocenters. The Labute approximate surface area is 206 Å². The highest BCUT2D eigenvalue weighted by atomic mass is 16.1. The Morgan fingerprint density at radius 3 is 2.51 bits per heavy atom. The SMILES string of the molecule is NCC1CCC(C(=O)N[C@H](Cc2ccccc2)c2cccc(-c3ccc4c(N)n[nH]c4c3)c2)CC1. The molecule has 1 aromatic heterocycles. The monoisotopic (exact) mass is 467 g/mol. The van der Waals surface area contributed by atoms with Crippen molar-refractivity contribution in [1.82, 2.24) is 15.5 Å². The topological polar surface area (TPSA) is 110 Å². The molecule has 1 heterocycles. The Morgan fingerprint density at radius 1 is 0.971 bits per heavy atom. The minimum atomic E-state index is -0.108. The van der Waals surface area contributed by atoms with Crippen molar-refractivity contribution >= 4 is 22.6 Å². The van der Waals surface area contributed by atoms with Crippen LogP contribution >= 0.6 is 0 Å². The highest BCUT2D eigenvalue weighted by molar-refractivity contribution is 5.91. The summed E-state index contributed by atoms with van der Waals surface area (Å²) in [6.45, 7) is 0.717. The molecule has 6 N–H and O–H groups in total. The number of rotatable bonds is 7. The molecular formula is C29H33N5O. The predicted molar refractivity (Wildman–Crippen MR) is 141 cm³/mol. The number of hydrogen-bond acceptors (Lipinski definition) is 4. The van der Waals surface area contributed by atoms with Gasteiger partial charge in [-0.3, -0.25) is 9.89 Å². The lowest BCUT2D eigenvalue weighted by atomic mass is 9.81. The first-order valence-corrected chi connectivity index (χ1v) is 12.5. The van der Waals surface area contributed by atoms with Gasteiger partial charge < -0.3 is 16.8 Å². The van der Waals surface area contributed by atoms with Crippen LogP contribution in [0.15, 0.2) is 72.8 Å². The lowest BCUT2D eigenvalue weighted by molar-refractivity contribution is -0.127.